The molecule has 0 amide bonds. The topological polar surface area (TPSA) is 15.3 Å². The van der Waals surface area contributed by atoms with Gasteiger partial charge in [0, 0.05) is 43.3 Å². The van der Waals surface area contributed by atoms with Crippen LogP contribution in [0.3, 0.4) is 0 Å². The first-order chi connectivity index (χ1) is 8.97. The van der Waals surface area contributed by atoms with E-state index in [1.165, 1.54) is 6.07 Å². The molecular formula is C15H22F2N2. The summed E-state index contributed by atoms with van der Waals surface area (Å²) >= 11 is 0. The Labute approximate surface area is 113 Å². The van der Waals surface area contributed by atoms with E-state index in [0.717, 1.165) is 19.2 Å². The molecule has 0 bridgehead atoms. The van der Waals surface area contributed by atoms with Crippen molar-refractivity contribution < 1.29 is 8.78 Å². The van der Waals surface area contributed by atoms with Crippen molar-refractivity contribution in [1.29, 1.82) is 0 Å². The third-order valence-electron chi connectivity index (χ3n) is 3.81. The third kappa shape index (κ3) is 3.51. The SMILES string of the molecule is CC1CN(Cc2ccc(F)cc2F)C(C(C)C)CN1. The first kappa shape index (κ1) is 14.4. The molecule has 19 heavy (non-hydrogen) atoms. The Hall–Kier alpha value is -1.00. The number of nitrogens with one attached hydrogen (secondary N) is 1. The first-order valence-electron chi connectivity index (χ1n) is 6.88. The lowest BCUT2D eigenvalue weighted by Gasteiger charge is -2.41. The van der Waals surface area contributed by atoms with Crippen LogP contribution in [0.25, 0.3) is 0 Å². The van der Waals surface area contributed by atoms with Gasteiger partial charge in [-0.2, -0.15) is 0 Å². The minimum absolute atomic E-state index is 0.389. The quantitative estimate of drug-likeness (QED) is 0.907. The molecule has 1 heterocycles. The molecule has 0 radical (unpaired) electrons. The van der Waals surface area contributed by atoms with Gasteiger partial charge in [0.15, 0.2) is 0 Å². The average molecular weight is 268 g/mol. The third-order valence-corrected chi connectivity index (χ3v) is 3.81. The summed E-state index contributed by atoms with van der Waals surface area (Å²) in [5.74, 6) is -0.465. The van der Waals surface area contributed by atoms with Crippen molar-refractivity contribution >= 4 is 0 Å². The van der Waals surface area contributed by atoms with Crippen LogP contribution in [0.2, 0.25) is 0 Å². The van der Waals surface area contributed by atoms with Gasteiger partial charge >= 0.3 is 0 Å². The second-order valence-electron chi connectivity index (χ2n) is 5.79. The summed E-state index contributed by atoms with van der Waals surface area (Å²) < 4.78 is 26.7. The standard InChI is InChI=1S/C15H22F2N2/c1-10(2)15-7-18-11(3)8-19(15)9-12-4-5-13(16)6-14(12)17/h4-6,10-11,15,18H,7-9H2,1-3H3. The van der Waals surface area contributed by atoms with Crippen molar-refractivity contribution in [3.63, 3.8) is 0 Å². The molecule has 1 aliphatic rings. The van der Waals surface area contributed by atoms with Crippen LogP contribution < -0.4 is 5.32 Å². The van der Waals surface area contributed by atoms with Crippen molar-refractivity contribution in [2.75, 3.05) is 13.1 Å². The highest BCUT2D eigenvalue weighted by atomic mass is 19.1. The number of nitrogens with zero attached hydrogens (tertiary/aromatic N) is 1. The molecule has 0 aliphatic carbocycles. The fourth-order valence-corrected chi connectivity index (χ4v) is 2.71. The Morgan fingerprint density at radius 1 is 1.37 bits per heavy atom. The van der Waals surface area contributed by atoms with E-state index in [-0.39, 0.29) is 0 Å². The normalized spacial score (nSPS) is 24.9. The molecule has 0 spiro atoms. The molecule has 1 aliphatic heterocycles. The van der Waals surface area contributed by atoms with Crippen molar-refractivity contribution in [3.8, 4) is 0 Å². The van der Waals surface area contributed by atoms with Crippen molar-refractivity contribution in [3.05, 3.63) is 35.4 Å². The molecule has 1 N–H and O–H groups in total. The minimum Gasteiger partial charge on any atom is -0.311 e. The lowest BCUT2D eigenvalue weighted by molar-refractivity contribution is 0.0944. The smallest absolute Gasteiger partial charge is 0.130 e. The van der Waals surface area contributed by atoms with Crippen LogP contribution in [0.15, 0.2) is 18.2 Å². The Kier molecular flexibility index (Phi) is 4.53. The molecule has 1 aromatic rings. The Morgan fingerprint density at radius 2 is 2.11 bits per heavy atom. The van der Waals surface area contributed by atoms with Gasteiger partial charge < -0.3 is 5.32 Å². The summed E-state index contributed by atoms with van der Waals surface area (Å²) in [6.07, 6.45) is 0. The second-order valence-corrected chi connectivity index (χ2v) is 5.79. The largest absolute Gasteiger partial charge is 0.311 e. The van der Waals surface area contributed by atoms with Gasteiger partial charge in [-0.05, 0) is 18.9 Å². The zero-order valence-corrected chi connectivity index (χ0v) is 11.8. The molecular weight excluding hydrogens is 246 g/mol. The van der Waals surface area contributed by atoms with Gasteiger partial charge in [-0.15, -0.1) is 0 Å². The van der Waals surface area contributed by atoms with Gasteiger partial charge in [0.25, 0.3) is 0 Å². The van der Waals surface area contributed by atoms with Crippen LogP contribution in [0.4, 0.5) is 8.78 Å². The monoisotopic (exact) mass is 268 g/mol. The van der Waals surface area contributed by atoms with Gasteiger partial charge in [0.05, 0.1) is 0 Å². The maximum absolute atomic E-state index is 13.7. The van der Waals surface area contributed by atoms with E-state index in [1.807, 2.05) is 0 Å². The second kappa shape index (κ2) is 5.97. The molecule has 2 atom stereocenters. The number of benzene rings is 1. The lowest BCUT2D eigenvalue weighted by atomic mass is 9.98. The predicted molar refractivity (Wildman–Crippen MR) is 72.9 cm³/mol. The first-order valence-corrected chi connectivity index (χ1v) is 6.88. The van der Waals surface area contributed by atoms with E-state index in [9.17, 15) is 8.78 Å². The van der Waals surface area contributed by atoms with E-state index < -0.39 is 11.6 Å². The minimum atomic E-state index is -0.518. The molecule has 1 fully saturated rings. The zero-order chi connectivity index (χ0) is 14.0. The summed E-state index contributed by atoms with van der Waals surface area (Å²) in [7, 11) is 0. The Balaban J connectivity index is 2.14. The van der Waals surface area contributed by atoms with Gasteiger partial charge in [-0.25, -0.2) is 8.78 Å². The van der Waals surface area contributed by atoms with Gasteiger partial charge in [-0.3, -0.25) is 4.90 Å². The van der Waals surface area contributed by atoms with Crippen LogP contribution in [0.5, 0.6) is 0 Å². The van der Waals surface area contributed by atoms with Gasteiger partial charge in [0.2, 0.25) is 0 Å². The van der Waals surface area contributed by atoms with E-state index in [1.54, 1.807) is 6.07 Å². The molecule has 2 unspecified atom stereocenters. The van der Waals surface area contributed by atoms with Crippen LogP contribution in [-0.2, 0) is 6.54 Å². The van der Waals surface area contributed by atoms with Crippen molar-refractivity contribution in [2.24, 2.45) is 5.92 Å². The van der Waals surface area contributed by atoms with E-state index in [2.05, 4.69) is 31.0 Å². The van der Waals surface area contributed by atoms with E-state index in [4.69, 9.17) is 0 Å². The number of piperazine rings is 1. The summed E-state index contributed by atoms with van der Waals surface area (Å²) in [4.78, 5) is 2.29. The highest BCUT2D eigenvalue weighted by molar-refractivity contribution is 5.18. The van der Waals surface area contributed by atoms with Crippen LogP contribution in [0.1, 0.15) is 26.3 Å². The highest BCUT2D eigenvalue weighted by Gasteiger charge is 2.28. The summed E-state index contributed by atoms with van der Waals surface area (Å²) in [5, 5.41) is 3.46. The summed E-state index contributed by atoms with van der Waals surface area (Å²) in [5.41, 5.74) is 0.571. The fourth-order valence-electron chi connectivity index (χ4n) is 2.71. The molecule has 4 heteroatoms. The number of hydrogen-bond donors (Lipinski definition) is 1. The van der Waals surface area contributed by atoms with E-state index >= 15 is 0 Å². The maximum atomic E-state index is 13.7. The van der Waals surface area contributed by atoms with Crippen LogP contribution in [-0.4, -0.2) is 30.1 Å². The Morgan fingerprint density at radius 3 is 2.74 bits per heavy atom. The zero-order valence-electron chi connectivity index (χ0n) is 11.8. The Bertz CT molecular complexity index is 434. The molecule has 106 valence electrons. The molecule has 1 saturated heterocycles. The molecule has 1 aromatic carbocycles. The van der Waals surface area contributed by atoms with Gasteiger partial charge in [-0.1, -0.05) is 19.9 Å². The fraction of sp³-hybridized carbons (Fsp3) is 0.600. The molecule has 2 rings (SSSR count). The number of halogens is 2. The number of hydrogen-bond acceptors (Lipinski definition) is 2. The van der Waals surface area contributed by atoms with Crippen LogP contribution in [0, 0.1) is 17.6 Å². The highest BCUT2D eigenvalue weighted by Crippen LogP contribution is 2.20. The number of rotatable bonds is 3. The average Bonchev–Trinajstić information content (AvgIpc) is 2.32. The predicted octanol–water partition coefficient (Wildman–Crippen LogP) is 2.78. The maximum Gasteiger partial charge on any atom is 0.130 e. The molecule has 0 aromatic heterocycles. The van der Waals surface area contributed by atoms with Crippen molar-refractivity contribution in [1.82, 2.24) is 10.2 Å². The van der Waals surface area contributed by atoms with E-state index in [0.29, 0.717) is 30.1 Å². The van der Waals surface area contributed by atoms with Crippen molar-refractivity contribution in [2.45, 2.75) is 39.4 Å². The molecule has 0 saturated carbocycles. The summed E-state index contributed by atoms with van der Waals surface area (Å²) in [6, 6.07) is 4.63. The molecule has 2 nitrogen and oxygen atoms in total. The summed E-state index contributed by atoms with van der Waals surface area (Å²) in [6.45, 7) is 8.83. The van der Waals surface area contributed by atoms with Gasteiger partial charge in [0.1, 0.15) is 11.6 Å². The lowest BCUT2D eigenvalue weighted by Crippen LogP contribution is -2.56. The van der Waals surface area contributed by atoms with Crippen LogP contribution >= 0.6 is 0 Å².